The Labute approximate surface area is 270 Å². The van der Waals surface area contributed by atoms with Crippen molar-refractivity contribution >= 4 is 27.0 Å². The van der Waals surface area contributed by atoms with Crippen molar-refractivity contribution in [3.63, 3.8) is 0 Å². The summed E-state index contributed by atoms with van der Waals surface area (Å²) < 4.78 is 74.5. The van der Waals surface area contributed by atoms with E-state index in [2.05, 4.69) is 10.3 Å². The van der Waals surface area contributed by atoms with Crippen LogP contribution in [0.5, 0.6) is 5.75 Å². The van der Waals surface area contributed by atoms with Crippen LogP contribution in [0.3, 0.4) is 0 Å². The van der Waals surface area contributed by atoms with Gasteiger partial charge in [-0.3, -0.25) is 4.79 Å². The Morgan fingerprint density at radius 3 is 2.43 bits per heavy atom. The maximum atomic E-state index is 13.9. The molecule has 5 aromatic rings. The third kappa shape index (κ3) is 7.50. The molecular formula is C35H33F3N4O4S. The highest BCUT2D eigenvalue weighted by molar-refractivity contribution is 7.89. The molecule has 0 aliphatic carbocycles. The number of aromatic amines is 1. The molecule has 0 radical (unpaired) electrons. The fourth-order valence-corrected chi connectivity index (χ4v) is 7.45. The smallest absolute Gasteiger partial charge is 0.416 e. The lowest BCUT2D eigenvalue weighted by Gasteiger charge is -2.34. The molecule has 12 heteroatoms. The molecule has 244 valence electrons. The second-order valence-electron chi connectivity index (χ2n) is 11.5. The van der Waals surface area contributed by atoms with E-state index in [1.165, 1.54) is 0 Å². The minimum absolute atomic E-state index is 0.0103. The summed E-state index contributed by atoms with van der Waals surface area (Å²) in [4.78, 5) is 21.4. The SMILES string of the molecule is O=C(N[C@@H](Cc1ccc(OCc2ccccc2)cc1)c1nc2ccccc2[nH]1)C1CCCCN1S(=O)(=O)c1cccc(C(F)(F)F)c1. The van der Waals surface area contributed by atoms with Crippen LogP contribution in [0.2, 0.25) is 0 Å². The van der Waals surface area contributed by atoms with Crippen molar-refractivity contribution in [3.8, 4) is 5.75 Å². The standard InChI is InChI=1S/C35H33F3N4O4S/c36-35(37,38)26-11-8-12-28(22-26)47(44,45)42-20-7-6-15-32(42)34(43)41-31(33-39-29-13-4-5-14-30(29)40-33)21-24-16-18-27(19-17-24)46-23-25-9-2-1-3-10-25/h1-5,8-14,16-19,22,31-32H,6-7,15,20-21,23H2,(H,39,40)(H,41,43)/t31-,32?/m0/s1. The summed E-state index contributed by atoms with van der Waals surface area (Å²) in [5.41, 5.74) is 2.32. The largest absolute Gasteiger partial charge is 0.489 e. The number of sulfonamides is 1. The van der Waals surface area contributed by atoms with Gasteiger partial charge in [0.1, 0.15) is 24.2 Å². The Bertz CT molecular complexity index is 1910. The lowest BCUT2D eigenvalue weighted by Crippen LogP contribution is -2.52. The number of ether oxygens (including phenoxy) is 1. The fraction of sp³-hybridized carbons (Fsp3) is 0.257. The van der Waals surface area contributed by atoms with Crippen molar-refractivity contribution in [1.29, 1.82) is 0 Å². The monoisotopic (exact) mass is 662 g/mol. The number of piperidine rings is 1. The van der Waals surface area contributed by atoms with Gasteiger partial charge < -0.3 is 15.0 Å². The van der Waals surface area contributed by atoms with Crippen molar-refractivity contribution in [2.45, 2.75) is 55.4 Å². The van der Waals surface area contributed by atoms with Crippen molar-refractivity contribution < 1.29 is 31.1 Å². The number of nitrogens with one attached hydrogen (secondary N) is 2. The van der Waals surface area contributed by atoms with Crippen LogP contribution >= 0.6 is 0 Å². The summed E-state index contributed by atoms with van der Waals surface area (Å²) in [6.45, 7) is 0.426. The summed E-state index contributed by atoms with van der Waals surface area (Å²) in [5, 5.41) is 3.01. The average Bonchev–Trinajstić information content (AvgIpc) is 3.52. The zero-order valence-corrected chi connectivity index (χ0v) is 26.1. The number of carbonyl (C=O) groups excluding carboxylic acids is 1. The van der Waals surface area contributed by atoms with E-state index in [0.717, 1.165) is 39.1 Å². The third-order valence-electron chi connectivity index (χ3n) is 8.19. The molecule has 2 N–H and O–H groups in total. The molecule has 0 spiro atoms. The van der Waals surface area contributed by atoms with Crippen LogP contribution in [0.1, 0.15) is 47.8 Å². The number of fused-ring (bicyclic) bond motifs is 1. The van der Waals surface area contributed by atoms with E-state index in [9.17, 15) is 26.4 Å². The number of benzene rings is 4. The predicted molar refractivity (Wildman–Crippen MR) is 171 cm³/mol. The Hall–Kier alpha value is -4.68. The zero-order valence-electron chi connectivity index (χ0n) is 25.3. The van der Waals surface area contributed by atoms with Gasteiger partial charge in [-0.1, -0.05) is 67.1 Å². The van der Waals surface area contributed by atoms with Gasteiger partial charge in [-0.15, -0.1) is 0 Å². The first-order valence-electron chi connectivity index (χ1n) is 15.3. The van der Waals surface area contributed by atoms with Crippen molar-refractivity contribution in [1.82, 2.24) is 19.6 Å². The Kier molecular flexibility index (Phi) is 9.33. The molecule has 1 aromatic heterocycles. The summed E-state index contributed by atoms with van der Waals surface area (Å²) in [5.74, 6) is 0.625. The van der Waals surface area contributed by atoms with Crippen LogP contribution in [-0.4, -0.2) is 41.2 Å². The van der Waals surface area contributed by atoms with Gasteiger partial charge in [0.25, 0.3) is 0 Å². The van der Waals surface area contributed by atoms with Crippen LogP contribution in [-0.2, 0) is 34.0 Å². The highest BCUT2D eigenvalue weighted by Crippen LogP contribution is 2.33. The van der Waals surface area contributed by atoms with E-state index < -0.39 is 44.6 Å². The number of imidazole rings is 1. The van der Waals surface area contributed by atoms with Gasteiger partial charge in [0.2, 0.25) is 15.9 Å². The predicted octanol–water partition coefficient (Wildman–Crippen LogP) is 6.80. The molecule has 1 unspecified atom stereocenters. The fourth-order valence-electron chi connectivity index (χ4n) is 5.74. The van der Waals surface area contributed by atoms with Crippen molar-refractivity contribution in [3.05, 3.63) is 126 Å². The summed E-state index contributed by atoms with van der Waals surface area (Å²) in [7, 11) is -4.41. The van der Waals surface area contributed by atoms with E-state index in [0.29, 0.717) is 49.0 Å². The van der Waals surface area contributed by atoms with Gasteiger partial charge in [-0.05, 0) is 72.9 Å². The van der Waals surface area contributed by atoms with Crippen LogP contribution in [0.15, 0.2) is 108 Å². The number of alkyl halides is 3. The van der Waals surface area contributed by atoms with Crippen LogP contribution in [0, 0.1) is 0 Å². The lowest BCUT2D eigenvalue weighted by atomic mass is 10.0. The maximum Gasteiger partial charge on any atom is 0.416 e. The highest BCUT2D eigenvalue weighted by Gasteiger charge is 2.40. The molecule has 1 saturated heterocycles. The first kappa shape index (κ1) is 32.3. The first-order valence-corrected chi connectivity index (χ1v) is 16.7. The van der Waals surface area contributed by atoms with E-state index >= 15 is 0 Å². The molecule has 2 atom stereocenters. The van der Waals surface area contributed by atoms with E-state index in [4.69, 9.17) is 9.72 Å². The Morgan fingerprint density at radius 2 is 1.68 bits per heavy atom. The van der Waals surface area contributed by atoms with Gasteiger partial charge in [-0.25, -0.2) is 13.4 Å². The Morgan fingerprint density at radius 1 is 0.936 bits per heavy atom. The third-order valence-corrected chi connectivity index (χ3v) is 10.1. The number of hydrogen-bond acceptors (Lipinski definition) is 5. The zero-order chi connectivity index (χ0) is 33.0. The molecule has 1 aliphatic rings. The summed E-state index contributed by atoms with van der Waals surface area (Å²) >= 11 is 0. The molecule has 6 rings (SSSR count). The number of carbonyl (C=O) groups is 1. The summed E-state index contributed by atoms with van der Waals surface area (Å²) in [6, 6.07) is 26.6. The van der Waals surface area contributed by atoms with Gasteiger partial charge >= 0.3 is 6.18 Å². The number of amides is 1. The number of aromatic nitrogens is 2. The number of H-pyrrole nitrogens is 1. The number of hydrogen-bond donors (Lipinski definition) is 2. The minimum atomic E-state index is -4.71. The van der Waals surface area contributed by atoms with Crippen molar-refractivity contribution in [2.24, 2.45) is 0 Å². The van der Waals surface area contributed by atoms with Crippen molar-refractivity contribution in [2.75, 3.05) is 6.54 Å². The van der Waals surface area contributed by atoms with Crippen LogP contribution in [0.4, 0.5) is 13.2 Å². The molecular weight excluding hydrogens is 629 g/mol. The Balaban J connectivity index is 1.24. The highest BCUT2D eigenvalue weighted by atomic mass is 32.2. The molecule has 0 saturated carbocycles. The molecule has 47 heavy (non-hydrogen) atoms. The van der Waals surface area contributed by atoms with Crippen LogP contribution in [0.25, 0.3) is 11.0 Å². The van der Waals surface area contributed by atoms with E-state index in [1.54, 1.807) is 0 Å². The molecule has 2 heterocycles. The lowest BCUT2D eigenvalue weighted by molar-refractivity contribution is -0.137. The number of rotatable bonds is 10. The van der Waals surface area contributed by atoms with Gasteiger partial charge in [0, 0.05) is 6.54 Å². The molecule has 1 amide bonds. The maximum absolute atomic E-state index is 13.9. The van der Waals surface area contributed by atoms with E-state index in [1.807, 2.05) is 78.9 Å². The summed E-state index contributed by atoms with van der Waals surface area (Å²) in [6.07, 6.45) is -3.09. The average molecular weight is 663 g/mol. The number of para-hydroxylation sites is 2. The molecule has 0 bridgehead atoms. The minimum Gasteiger partial charge on any atom is -0.489 e. The number of halogens is 3. The normalized spacial score (nSPS) is 16.5. The molecule has 8 nitrogen and oxygen atoms in total. The second-order valence-corrected chi connectivity index (χ2v) is 13.4. The number of nitrogens with zero attached hydrogens (tertiary/aromatic N) is 2. The molecule has 1 aliphatic heterocycles. The molecule has 4 aromatic carbocycles. The molecule has 1 fully saturated rings. The topological polar surface area (TPSA) is 104 Å². The second kappa shape index (κ2) is 13.6. The van der Waals surface area contributed by atoms with Gasteiger partial charge in [0.15, 0.2) is 0 Å². The quantitative estimate of drug-likeness (QED) is 0.171. The van der Waals surface area contributed by atoms with E-state index in [-0.39, 0.29) is 13.0 Å². The van der Waals surface area contributed by atoms with Gasteiger partial charge in [-0.2, -0.15) is 17.5 Å². The van der Waals surface area contributed by atoms with Crippen LogP contribution < -0.4 is 10.1 Å². The first-order chi connectivity index (χ1) is 22.6. The van der Waals surface area contributed by atoms with Gasteiger partial charge in [0.05, 0.1) is 27.5 Å².